The summed E-state index contributed by atoms with van der Waals surface area (Å²) in [5.74, 6) is -0.269. The molecule has 3 N–H and O–H groups in total. The van der Waals surface area contributed by atoms with Crippen molar-refractivity contribution in [1.29, 1.82) is 0 Å². The van der Waals surface area contributed by atoms with Gasteiger partial charge in [0.25, 0.3) is 0 Å². The van der Waals surface area contributed by atoms with Gasteiger partial charge in [0.05, 0.1) is 20.0 Å². The van der Waals surface area contributed by atoms with Gasteiger partial charge < -0.3 is 20.3 Å². The molecule has 1 heterocycles. The van der Waals surface area contributed by atoms with Gasteiger partial charge in [0.1, 0.15) is 5.75 Å². The number of fused-ring (bicyclic) bond motifs is 1. The van der Waals surface area contributed by atoms with Crippen LogP contribution < -0.4 is 10.1 Å². The summed E-state index contributed by atoms with van der Waals surface area (Å²) in [6.07, 6.45) is 3.13. The maximum Gasteiger partial charge on any atom is 0.304 e. The first-order valence-corrected chi connectivity index (χ1v) is 13.0. The number of carboxylic acid groups (broad SMARTS) is 2. The maximum atomic E-state index is 11.0. The summed E-state index contributed by atoms with van der Waals surface area (Å²) in [4.78, 5) is 25.7. The Morgan fingerprint density at radius 2 is 1.71 bits per heavy atom. The van der Waals surface area contributed by atoms with Crippen molar-refractivity contribution >= 4 is 23.7 Å². The van der Waals surface area contributed by atoms with Crippen LogP contribution in [0.25, 0.3) is 0 Å². The van der Waals surface area contributed by atoms with Crippen molar-refractivity contribution in [3.63, 3.8) is 0 Å². The second-order valence-corrected chi connectivity index (χ2v) is 9.78. The highest BCUT2D eigenvalue weighted by Gasteiger charge is 2.23. The standard InChI is InChI=1S/C21H32N2O5S.C6H6/c1-4-5-6-17-13-29-19-8-14(18(28-3)7-15(19)12-23(17)2)11-22-16(9-20(24)25)10-21(26)27;1-2-4-6-5-3-1/h7-8,16-17,22H,4-6,9-13H2,1-3H3,(H,24,25)(H,26,27);1-6H/t17-;/m1./s1. The van der Waals surface area contributed by atoms with E-state index < -0.39 is 18.0 Å². The molecule has 35 heavy (non-hydrogen) atoms. The predicted octanol–water partition coefficient (Wildman–Crippen LogP) is 4.89. The van der Waals surface area contributed by atoms with Gasteiger partial charge in [-0.15, -0.1) is 11.8 Å². The van der Waals surface area contributed by atoms with E-state index in [-0.39, 0.29) is 12.8 Å². The Labute approximate surface area is 212 Å². The molecule has 0 saturated carbocycles. The lowest BCUT2D eigenvalue weighted by atomic mass is 10.1. The molecule has 1 atom stereocenters. The molecule has 192 valence electrons. The Morgan fingerprint density at radius 3 is 2.23 bits per heavy atom. The maximum absolute atomic E-state index is 11.0. The monoisotopic (exact) mass is 502 g/mol. The van der Waals surface area contributed by atoms with Crippen molar-refractivity contribution in [3.05, 3.63) is 59.7 Å². The number of ether oxygens (including phenoxy) is 1. The Balaban J connectivity index is 0.000000625. The Morgan fingerprint density at radius 1 is 1.11 bits per heavy atom. The number of thioether (sulfide) groups is 1. The van der Waals surface area contributed by atoms with Gasteiger partial charge in [0.15, 0.2) is 0 Å². The first kappa shape index (κ1) is 28.7. The van der Waals surface area contributed by atoms with Crippen LogP contribution in [-0.4, -0.2) is 59.0 Å². The third-order valence-electron chi connectivity index (χ3n) is 5.92. The minimum Gasteiger partial charge on any atom is -0.496 e. The lowest BCUT2D eigenvalue weighted by molar-refractivity contribution is -0.139. The van der Waals surface area contributed by atoms with Gasteiger partial charge in [0, 0.05) is 41.4 Å². The number of methoxy groups -OCH3 is 1. The van der Waals surface area contributed by atoms with E-state index in [4.69, 9.17) is 14.9 Å². The van der Waals surface area contributed by atoms with E-state index in [1.165, 1.54) is 29.7 Å². The number of carbonyl (C=O) groups is 2. The molecule has 1 aliphatic rings. The summed E-state index contributed by atoms with van der Waals surface area (Å²) < 4.78 is 5.57. The van der Waals surface area contributed by atoms with Crippen LogP contribution in [0.2, 0.25) is 0 Å². The number of aliphatic carboxylic acids is 2. The van der Waals surface area contributed by atoms with Crippen LogP contribution in [0.5, 0.6) is 5.75 Å². The molecule has 0 spiro atoms. The third-order valence-corrected chi connectivity index (χ3v) is 7.16. The van der Waals surface area contributed by atoms with Crippen molar-refractivity contribution in [2.75, 3.05) is 19.9 Å². The molecule has 8 heteroatoms. The highest BCUT2D eigenvalue weighted by molar-refractivity contribution is 7.99. The average Bonchev–Trinajstić information content (AvgIpc) is 2.98. The van der Waals surface area contributed by atoms with Crippen LogP contribution in [0.4, 0.5) is 0 Å². The number of benzene rings is 2. The molecule has 2 aromatic rings. The van der Waals surface area contributed by atoms with Crippen LogP contribution in [0.1, 0.15) is 50.2 Å². The second-order valence-electron chi connectivity index (χ2n) is 8.72. The van der Waals surface area contributed by atoms with Crippen LogP contribution in [0.3, 0.4) is 0 Å². The van der Waals surface area contributed by atoms with Gasteiger partial charge in [-0.1, -0.05) is 56.2 Å². The van der Waals surface area contributed by atoms with Crippen molar-refractivity contribution in [2.45, 2.75) is 69.1 Å². The van der Waals surface area contributed by atoms with Crippen molar-refractivity contribution < 1.29 is 24.5 Å². The fraction of sp³-hybridized carbons (Fsp3) is 0.481. The molecule has 0 unspecified atom stereocenters. The SMILES string of the molecule is CCCC[C@@H]1CSc2cc(CNC(CC(=O)O)CC(=O)O)c(OC)cc2CN1C.c1ccccc1. The van der Waals surface area contributed by atoms with Gasteiger partial charge in [-0.25, -0.2) is 0 Å². The normalized spacial score (nSPS) is 15.5. The van der Waals surface area contributed by atoms with E-state index in [0.29, 0.717) is 12.6 Å². The predicted molar refractivity (Wildman–Crippen MR) is 140 cm³/mol. The molecule has 0 aromatic heterocycles. The van der Waals surface area contributed by atoms with Gasteiger partial charge in [-0.05, 0) is 31.2 Å². The molecular formula is C27H38N2O5S. The van der Waals surface area contributed by atoms with E-state index in [9.17, 15) is 9.59 Å². The number of nitrogens with one attached hydrogen (secondary N) is 1. The number of unbranched alkanes of at least 4 members (excludes halogenated alkanes) is 1. The molecule has 0 amide bonds. The lowest BCUT2D eigenvalue weighted by Gasteiger charge is -2.25. The molecule has 1 aliphatic heterocycles. The number of carboxylic acids is 2. The fourth-order valence-corrected chi connectivity index (χ4v) is 5.29. The zero-order valence-corrected chi connectivity index (χ0v) is 21.7. The largest absolute Gasteiger partial charge is 0.496 e. The van der Waals surface area contributed by atoms with Crippen LogP contribution in [0.15, 0.2) is 53.4 Å². The molecule has 2 aromatic carbocycles. The highest BCUT2D eigenvalue weighted by Crippen LogP contribution is 2.35. The van der Waals surface area contributed by atoms with Gasteiger partial charge in [0.2, 0.25) is 0 Å². The van der Waals surface area contributed by atoms with Crippen molar-refractivity contribution in [3.8, 4) is 5.75 Å². The first-order chi connectivity index (χ1) is 16.8. The topological polar surface area (TPSA) is 99.1 Å². The van der Waals surface area contributed by atoms with Gasteiger partial charge >= 0.3 is 11.9 Å². The number of rotatable bonds is 11. The Hall–Kier alpha value is -2.55. The Kier molecular flexibility index (Phi) is 12.7. The van der Waals surface area contributed by atoms with E-state index in [0.717, 1.165) is 23.6 Å². The van der Waals surface area contributed by atoms with Crippen molar-refractivity contribution in [2.24, 2.45) is 0 Å². The summed E-state index contributed by atoms with van der Waals surface area (Å²) in [5, 5.41) is 21.1. The molecule has 0 saturated heterocycles. The van der Waals surface area contributed by atoms with E-state index in [2.05, 4.69) is 36.3 Å². The summed E-state index contributed by atoms with van der Waals surface area (Å²) in [5.41, 5.74) is 2.14. The minimum atomic E-state index is -1.02. The zero-order valence-electron chi connectivity index (χ0n) is 20.9. The van der Waals surface area contributed by atoms with Crippen LogP contribution in [0, 0.1) is 0 Å². The number of hydrogen-bond donors (Lipinski definition) is 3. The summed E-state index contributed by atoms with van der Waals surface area (Å²) in [7, 11) is 3.79. The molecule has 7 nitrogen and oxygen atoms in total. The Bertz CT molecular complexity index is 883. The lowest BCUT2D eigenvalue weighted by Crippen LogP contribution is -2.33. The van der Waals surface area contributed by atoms with Gasteiger partial charge in [-0.2, -0.15) is 0 Å². The first-order valence-electron chi connectivity index (χ1n) is 12.0. The van der Waals surface area contributed by atoms with E-state index in [1.54, 1.807) is 7.11 Å². The molecule has 0 radical (unpaired) electrons. The average molecular weight is 503 g/mol. The van der Waals surface area contributed by atoms with Gasteiger partial charge in [-0.3, -0.25) is 14.5 Å². The summed E-state index contributed by atoms with van der Waals surface area (Å²) in [6.45, 7) is 3.43. The third kappa shape index (κ3) is 10.3. The molecule has 3 rings (SSSR count). The fourth-order valence-electron chi connectivity index (χ4n) is 3.96. The molecular weight excluding hydrogens is 464 g/mol. The zero-order chi connectivity index (χ0) is 25.6. The molecule has 0 bridgehead atoms. The smallest absolute Gasteiger partial charge is 0.304 e. The minimum absolute atomic E-state index is 0.238. The van der Waals surface area contributed by atoms with Crippen LogP contribution in [-0.2, 0) is 22.7 Å². The van der Waals surface area contributed by atoms with E-state index in [1.807, 2.05) is 48.2 Å². The van der Waals surface area contributed by atoms with E-state index >= 15 is 0 Å². The highest BCUT2D eigenvalue weighted by atomic mass is 32.2. The van der Waals surface area contributed by atoms with Crippen molar-refractivity contribution in [1.82, 2.24) is 10.2 Å². The van der Waals surface area contributed by atoms with Crippen LogP contribution >= 0.6 is 11.8 Å². The quantitative estimate of drug-likeness (QED) is 0.400. The molecule has 0 aliphatic carbocycles. The molecule has 0 fully saturated rings. The summed E-state index contributed by atoms with van der Waals surface area (Å²) >= 11 is 1.85. The number of hydrogen-bond acceptors (Lipinski definition) is 6. The summed E-state index contributed by atoms with van der Waals surface area (Å²) in [6, 6.07) is 16.1. The number of nitrogens with zero attached hydrogens (tertiary/aromatic N) is 1. The second kappa shape index (κ2) is 15.4.